The lowest BCUT2D eigenvalue weighted by molar-refractivity contribution is 0.0696. The van der Waals surface area contributed by atoms with Crippen molar-refractivity contribution in [3.8, 4) is 0 Å². The average molecular weight is 430 g/mol. The standard InChI is InChI=1S/C26H27N3O3/c30-25(23-13-7-12-21(28-23)16-18-8-3-1-4-9-18)29-22-15-14-19(26(31)32)17-24(22)27-20-10-5-2-6-11-20/h2,5-7,10-15,17-18,27H,1,3-4,8-9,16H2,(H,29,30)(H,31,32). The summed E-state index contributed by atoms with van der Waals surface area (Å²) in [5.41, 5.74) is 3.21. The summed E-state index contributed by atoms with van der Waals surface area (Å²) in [6, 6.07) is 19.5. The van der Waals surface area contributed by atoms with Crippen LogP contribution in [-0.4, -0.2) is 22.0 Å². The maximum atomic E-state index is 13.0. The molecule has 1 aliphatic carbocycles. The number of aromatic carboxylic acids is 1. The number of carboxylic acids is 1. The predicted molar refractivity (Wildman–Crippen MR) is 126 cm³/mol. The number of para-hydroxylation sites is 1. The molecule has 0 bridgehead atoms. The second kappa shape index (κ2) is 10.1. The van der Waals surface area contributed by atoms with Gasteiger partial charge in [-0.15, -0.1) is 0 Å². The molecule has 4 rings (SSSR count). The molecule has 1 aromatic heterocycles. The SMILES string of the molecule is O=C(O)c1ccc(NC(=O)c2cccc(CC3CCCCC3)n2)c(Nc2ccccc2)c1. The van der Waals surface area contributed by atoms with E-state index in [2.05, 4.69) is 15.6 Å². The molecular weight excluding hydrogens is 402 g/mol. The summed E-state index contributed by atoms with van der Waals surface area (Å²) in [4.78, 5) is 29.0. The number of benzene rings is 2. The summed E-state index contributed by atoms with van der Waals surface area (Å²) in [6.45, 7) is 0. The third kappa shape index (κ3) is 5.52. The van der Waals surface area contributed by atoms with E-state index in [0.717, 1.165) is 17.8 Å². The second-order valence-corrected chi connectivity index (χ2v) is 8.23. The summed E-state index contributed by atoms with van der Waals surface area (Å²) >= 11 is 0. The topological polar surface area (TPSA) is 91.3 Å². The van der Waals surface area contributed by atoms with Crippen molar-refractivity contribution in [1.82, 2.24) is 4.98 Å². The molecule has 1 amide bonds. The lowest BCUT2D eigenvalue weighted by Crippen LogP contribution is -2.17. The molecule has 1 heterocycles. The molecule has 0 saturated heterocycles. The highest BCUT2D eigenvalue weighted by atomic mass is 16.4. The molecule has 0 spiro atoms. The van der Waals surface area contributed by atoms with Crippen molar-refractivity contribution >= 4 is 28.9 Å². The number of hydrogen-bond acceptors (Lipinski definition) is 4. The fourth-order valence-corrected chi connectivity index (χ4v) is 4.16. The van der Waals surface area contributed by atoms with E-state index < -0.39 is 5.97 Å². The second-order valence-electron chi connectivity index (χ2n) is 8.23. The van der Waals surface area contributed by atoms with E-state index in [4.69, 9.17) is 0 Å². The highest BCUT2D eigenvalue weighted by Crippen LogP contribution is 2.28. The Balaban J connectivity index is 1.53. The summed E-state index contributed by atoms with van der Waals surface area (Å²) in [7, 11) is 0. The van der Waals surface area contributed by atoms with Crippen molar-refractivity contribution in [3.63, 3.8) is 0 Å². The van der Waals surface area contributed by atoms with Gasteiger partial charge in [-0.2, -0.15) is 0 Å². The van der Waals surface area contributed by atoms with Crippen LogP contribution in [-0.2, 0) is 6.42 Å². The fraction of sp³-hybridized carbons (Fsp3) is 0.269. The molecule has 1 saturated carbocycles. The zero-order chi connectivity index (χ0) is 22.3. The maximum Gasteiger partial charge on any atom is 0.335 e. The molecule has 1 fully saturated rings. The number of anilines is 3. The number of carboxylic acid groups (broad SMARTS) is 1. The van der Waals surface area contributed by atoms with Crippen molar-refractivity contribution in [3.05, 3.63) is 83.7 Å². The van der Waals surface area contributed by atoms with Gasteiger partial charge in [-0.1, -0.05) is 56.4 Å². The van der Waals surface area contributed by atoms with Crippen molar-refractivity contribution in [2.75, 3.05) is 10.6 Å². The van der Waals surface area contributed by atoms with Gasteiger partial charge in [0.05, 0.1) is 16.9 Å². The number of nitrogens with one attached hydrogen (secondary N) is 2. The van der Waals surface area contributed by atoms with Gasteiger partial charge >= 0.3 is 5.97 Å². The Kier molecular flexibility index (Phi) is 6.80. The number of hydrogen-bond donors (Lipinski definition) is 3. The number of nitrogens with zero attached hydrogens (tertiary/aromatic N) is 1. The largest absolute Gasteiger partial charge is 0.478 e. The van der Waals surface area contributed by atoms with Crippen LogP contribution < -0.4 is 10.6 Å². The van der Waals surface area contributed by atoms with Gasteiger partial charge in [0.15, 0.2) is 0 Å². The van der Waals surface area contributed by atoms with Crippen LogP contribution in [0.15, 0.2) is 66.7 Å². The quantitative estimate of drug-likeness (QED) is 0.435. The smallest absolute Gasteiger partial charge is 0.335 e. The first-order chi connectivity index (χ1) is 15.6. The van der Waals surface area contributed by atoms with E-state index in [-0.39, 0.29) is 11.5 Å². The van der Waals surface area contributed by atoms with Gasteiger partial charge in [0, 0.05) is 11.4 Å². The Labute approximate surface area is 187 Å². The summed E-state index contributed by atoms with van der Waals surface area (Å²) in [6.07, 6.45) is 7.20. The summed E-state index contributed by atoms with van der Waals surface area (Å²) in [5.74, 6) is -0.717. The number of aromatic nitrogens is 1. The molecule has 0 atom stereocenters. The van der Waals surface area contributed by atoms with Gasteiger partial charge in [-0.3, -0.25) is 4.79 Å². The number of amides is 1. The Morgan fingerprint density at radius 1 is 0.906 bits per heavy atom. The Morgan fingerprint density at radius 2 is 1.69 bits per heavy atom. The Hall–Kier alpha value is -3.67. The Bertz CT molecular complexity index is 1090. The molecule has 6 heteroatoms. The van der Waals surface area contributed by atoms with Crippen LogP contribution in [0.4, 0.5) is 17.1 Å². The van der Waals surface area contributed by atoms with E-state index in [0.29, 0.717) is 23.0 Å². The molecule has 164 valence electrons. The van der Waals surface area contributed by atoms with Crippen molar-refractivity contribution in [1.29, 1.82) is 0 Å². The minimum atomic E-state index is -1.03. The van der Waals surface area contributed by atoms with E-state index in [1.807, 2.05) is 42.5 Å². The molecule has 3 N–H and O–H groups in total. The van der Waals surface area contributed by atoms with Crippen LogP contribution in [0.25, 0.3) is 0 Å². The molecule has 2 aromatic carbocycles. The van der Waals surface area contributed by atoms with E-state index in [1.54, 1.807) is 12.1 Å². The number of pyridine rings is 1. The van der Waals surface area contributed by atoms with Crippen LogP contribution in [0.1, 0.15) is 58.6 Å². The van der Waals surface area contributed by atoms with E-state index >= 15 is 0 Å². The number of carbonyl (C=O) groups excluding carboxylic acids is 1. The lowest BCUT2D eigenvalue weighted by atomic mass is 9.86. The minimum Gasteiger partial charge on any atom is -0.478 e. The molecule has 1 aliphatic rings. The molecular formula is C26H27N3O3. The van der Waals surface area contributed by atoms with Gasteiger partial charge < -0.3 is 15.7 Å². The molecule has 6 nitrogen and oxygen atoms in total. The zero-order valence-electron chi connectivity index (χ0n) is 17.9. The van der Waals surface area contributed by atoms with Gasteiger partial charge in [0.2, 0.25) is 0 Å². The number of rotatable bonds is 7. The van der Waals surface area contributed by atoms with E-state index in [9.17, 15) is 14.7 Å². The molecule has 0 unspecified atom stereocenters. The fourth-order valence-electron chi connectivity index (χ4n) is 4.16. The van der Waals surface area contributed by atoms with Crippen LogP contribution in [0.2, 0.25) is 0 Å². The zero-order valence-corrected chi connectivity index (χ0v) is 17.9. The molecule has 32 heavy (non-hydrogen) atoms. The number of carbonyl (C=O) groups is 2. The highest BCUT2D eigenvalue weighted by Gasteiger charge is 2.17. The van der Waals surface area contributed by atoms with Gasteiger partial charge in [-0.05, 0) is 54.8 Å². The van der Waals surface area contributed by atoms with Gasteiger partial charge in [0.1, 0.15) is 5.69 Å². The molecule has 3 aromatic rings. The average Bonchev–Trinajstić information content (AvgIpc) is 2.81. The highest BCUT2D eigenvalue weighted by molar-refractivity contribution is 6.05. The van der Waals surface area contributed by atoms with Gasteiger partial charge in [0.25, 0.3) is 5.91 Å². The van der Waals surface area contributed by atoms with Crippen LogP contribution in [0, 0.1) is 5.92 Å². The third-order valence-corrected chi connectivity index (χ3v) is 5.83. The first-order valence-corrected chi connectivity index (χ1v) is 11.1. The van der Waals surface area contributed by atoms with Crippen LogP contribution in [0.5, 0.6) is 0 Å². The first kappa shape index (κ1) is 21.6. The third-order valence-electron chi connectivity index (χ3n) is 5.83. The normalized spacial score (nSPS) is 14.0. The van der Waals surface area contributed by atoms with Gasteiger partial charge in [-0.25, -0.2) is 9.78 Å². The Morgan fingerprint density at radius 3 is 2.44 bits per heavy atom. The van der Waals surface area contributed by atoms with Crippen molar-refractivity contribution in [2.24, 2.45) is 5.92 Å². The molecule has 0 radical (unpaired) electrons. The molecule has 0 aliphatic heterocycles. The van der Waals surface area contributed by atoms with Crippen LogP contribution in [0.3, 0.4) is 0 Å². The maximum absolute atomic E-state index is 13.0. The summed E-state index contributed by atoms with van der Waals surface area (Å²) < 4.78 is 0. The monoisotopic (exact) mass is 429 g/mol. The lowest BCUT2D eigenvalue weighted by Gasteiger charge is -2.21. The predicted octanol–water partition coefficient (Wildman–Crippen LogP) is 5.90. The van der Waals surface area contributed by atoms with Crippen LogP contribution >= 0.6 is 0 Å². The van der Waals surface area contributed by atoms with Crippen molar-refractivity contribution < 1.29 is 14.7 Å². The van der Waals surface area contributed by atoms with Crippen molar-refractivity contribution in [2.45, 2.75) is 38.5 Å². The minimum absolute atomic E-state index is 0.133. The summed E-state index contributed by atoms with van der Waals surface area (Å²) in [5, 5.41) is 15.4. The first-order valence-electron chi connectivity index (χ1n) is 11.1. The van der Waals surface area contributed by atoms with E-state index in [1.165, 1.54) is 44.2 Å².